The van der Waals surface area contributed by atoms with Crippen molar-refractivity contribution in [2.75, 3.05) is 18.3 Å². The third kappa shape index (κ3) is 4.00. The van der Waals surface area contributed by atoms with E-state index in [1.54, 1.807) is 6.07 Å². The molecule has 8 nitrogen and oxygen atoms in total. The highest BCUT2D eigenvalue weighted by atomic mass is 32.2. The molecule has 0 aliphatic rings. The molecule has 1 heterocycles. The van der Waals surface area contributed by atoms with E-state index < -0.39 is 16.2 Å². The fourth-order valence-electron chi connectivity index (χ4n) is 1.18. The average Bonchev–Trinajstić information content (AvgIpc) is 2.72. The van der Waals surface area contributed by atoms with Crippen LogP contribution in [-0.2, 0) is 21.4 Å². The zero-order valence-electron chi connectivity index (χ0n) is 10.2. The number of aryl methyl sites for hydroxylation is 1. The number of H-pyrrole nitrogens is 1. The minimum absolute atomic E-state index is 0.101. The highest BCUT2D eigenvalue weighted by Gasteiger charge is 2.19. The maximum Gasteiger partial charge on any atom is 0.304 e. The molecule has 0 saturated heterocycles. The summed E-state index contributed by atoms with van der Waals surface area (Å²) in [5, 5.41) is 15.0. The van der Waals surface area contributed by atoms with Gasteiger partial charge in [0.05, 0.1) is 6.42 Å². The maximum atomic E-state index is 11.8. The summed E-state index contributed by atoms with van der Waals surface area (Å²) in [6.45, 7) is 1.81. The van der Waals surface area contributed by atoms with Gasteiger partial charge in [0, 0.05) is 25.4 Å². The van der Waals surface area contributed by atoms with Crippen LogP contribution >= 0.6 is 0 Å². The Balaban J connectivity index is 2.66. The van der Waals surface area contributed by atoms with Crippen LogP contribution in [0.2, 0.25) is 0 Å². The Morgan fingerprint density at radius 2 is 2.28 bits per heavy atom. The molecular weight excluding hydrogens is 260 g/mol. The Hall–Kier alpha value is -1.61. The van der Waals surface area contributed by atoms with E-state index in [0.717, 1.165) is 10.00 Å². The monoisotopic (exact) mass is 276 g/mol. The number of nitrogens with one attached hydrogen (secondary N) is 2. The molecule has 0 radical (unpaired) electrons. The second-order valence-corrected chi connectivity index (χ2v) is 5.48. The molecule has 0 fully saturated rings. The normalized spacial score (nSPS) is 11.7. The lowest BCUT2D eigenvalue weighted by molar-refractivity contribution is -0.137. The molecule has 1 aromatic heterocycles. The highest BCUT2D eigenvalue weighted by molar-refractivity contribution is 7.90. The molecule has 0 atom stereocenters. The molecule has 0 spiro atoms. The quantitative estimate of drug-likeness (QED) is 0.650. The fraction of sp³-hybridized carbons (Fsp3) is 0.556. The number of aliphatic carboxylic acids is 1. The second kappa shape index (κ2) is 5.83. The summed E-state index contributed by atoms with van der Waals surface area (Å²) in [6, 6.07) is 1.59. The van der Waals surface area contributed by atoms with E-state index in [-0.39, 0.29) is 18.8 Å². The van der Waals surface area contributed by atoms with Crippen molar-refractivity contribution >= 4 is 22.0 Å². The van der Waals surface area contributed by atoms with Crippen LogP contribution in [-0.4, -0.2) is 47.6 Å². The lowest BCUT2D eigenvalue weighted by atomic mass is 10.3. The Bertz CT molecular complexity index is 510. The van der Waals surface area contributed by atoms with Gasteiger partial charge >= 0.3 is 16.2 Å². The number of aromatic amines is 1. The van der Waals surface area contributed by atoms with Crippen molar-refractivity contribution in [2.24, 2.45) is 0 Å². The van der Waals surface area contributed by atoms with Crippen LogP contribution in [0.25, 0.3) is 0 Å². The number of aromatic nitrogens is 2. The molecule has 0 aliphatic heterocycles. The first-order chi connectivity index (χ1) is 8.35. The van der Waals surface area contributed by atoms with E-state index in [1.165, 1.54) is 7.05 Å². The Morgan fingerprint density at radius 1 is 1.61 bits per heavy atom. The van der Waals surface area contributed by atoms with Crippen LogP contribution in [0.5, 0.6) is 0 Å². The zero-order chi connectivity index (χ0) is 13.8. The maximum absolute atomic E-state index is 11.8. The molecule has 3 N–H and O–H groups in total. The summed E-state index contributed by atoms with van der Waals surface area (Å²) in [4.78, 5) is 10.4. The van der Waals surface area contributed by atoms with E-state index in [2.05, 4.69) is 14.9 Å². The minimum atomic E-state index is -3.77. The van der Waals surface area contributed by atoms with Crippen LogP contribution < -0.4 is 4.72 Å². The predicted octanol–water partition coefficient (Wildman–Crippen LogP) is 0.0353. The van der Waals surface area contributed by atoms with Gasteiger partial charge in [-0.3, -0.25) is 14.6 Å². The van der Waals surface area contributed by atoms with Gasteiger partial charge in [0.25, 0.3) is 0 Å². The van der Waals surface area contributed by atoms with E-state index in [1.807, 2.05) is 6.92 Å². The van der Waals surface area contributed by atoms with Crippen LogP contribution in [0, 0.1) is 0 Å². The molecule has 0 unspecified atom stereocenters. The van der Waals surface area contributed by atoms with Gasteiger partial charge in [-0.1, -0.05) is 6.92 Å². The van der Waals surface area contributed by atoms with Gasteiger partial charge in [0.2, 0.25) is 0 Å². The van der Waals surface area contributed by atoms with Crippen molar-refractivity contribution < 1.29 is 18.3 Å². The van der Waals surface area contributed by atoms with Crippen LogP contribution in [0.1, 0.15) is 19.0 Å². The van der Waals surface area contributed by atoms with Crippen LogP contribution in [0.4, 0.5) is 5.82 Å². The van der Waals surface area contributed by atoms with Crippen molar-refractivity contribution in [1.29, 1.82) is 0 Å². The number of anilines is 1. The molecule has 102 valence electrons. The topological polar surface area (TPSA) is 115 Å². The SMILES string of the molecule is CCc1cc(NS(=O)(=O)N(C)CCC(=O)O)n[nH]1. The van der Waals surface area contributed by atoms with Crippen LogP contribution in [0.15, 0.2) is 6.07 Å². The number of carboxylic acids is 1. The van der Waals surface area contributed by atoms with Crippen molar-refractivity contribution in [3.8, 4) is 0 Å². The second-order valence-electron chi connectivity index (χ2n) is 3.70. The van der Waals surface area contributed by atoms with Crippen molar-refractivity contribution in [3.05, 3.63) is 11.8 Å². The van der Waals surface area contributed by atoms with Gasteiger partial charge < -0.3 is 5.11 Å². The van der Waals surface area contributed by atoms with Gasteiger partial charge in [-0.2, -0.15) is 17.8 Å². The third-order valence-electron chi connectivity index (χ3n) is 2.30. The number of hydrogen-bond acceptors (Lipinski definition) is 4. The zero-order valence-corrected chi connectivity index (χ0v) is 11.0. The molecule has 0 aromatic carbocycles. The van der Waals surface area contributed by atoms with Crippen molar-refractivity contribution in [3.63, 3.8) is 0 Å². The average molecular weight is 276 g/mol. The third-order valence-corrected chi connectivity index (χ3v) is 3.77. The van der Waals surface area contributed by atoms with Gasteiger partial charge in [-0.05, 0) is 6.42 Å². The molecule has 9 heteroatoms. The first-order valence-corrected chi connectivity index (χ1v) is 6.79. The van der Waals surface area contributed by atoms with E-state index in [9.17, 15) is 13.2 Å². The summed E-state index contributed by atoms with van der Waals surface area (Å²) in [5.74, 6) is -0.862. The van der Waals surface area contributed by atoms with Gasteiger partial charge in [-0.15, -0.1) is 0 Å². The van der Waals surface area contributed by atoms with E-state index in [0.29, 0.717) is 6.42 Å². The van der Waals surface area contributed by atoms with Crippen molar-refractivity contribution in [2.45, 2.75) is 19.8 Å². The number of hydrogen-bond donors (Lipinski definition) is 3. The number of rotatable bonds is 7. The van der Waals surface area contributed by atoms with Gasteiger partial charge in [0.1, 0.15) is 0 Å². The molecule has 0 bridgehead atoms. The minimum Gasteiger partial charge on any atom is -0.481 e. The molecule has 0 aliphatic carbocycles. The fourth-order valence-corrected chi connectivity index (χ4v) is 2.03. The molecule has 1 rings (SSSR count). The molecule has 1 aromatic rings. The van der Waals surface area contributed by atoms with Gasteiger partial charge in [-0.25, -0.2) is 0 Å². The first kappa shape index (κ1) is 14.5. The highest BCUT2D eigenvalue weighted by Crippen LogP contribution is 2.09. The molecule has 0 saturated carbocycles. The Kier molecular flexibility index (Phi) is 4.68. The lowest BCUT2D eigenvalue weighted by Crippen LogP contribution is -2.34. The molecule has 18 heavy (non-hydrogen) atoms. The number of nitrogens with zero attached hydrogens (tertiary/aromatic N) is 2. The van der Waals surface area contributed by atoms with Crippen LogP contribution in [0.3, 0.4) is 0 Å². The first-order valence-electron chi connectivity index (χ1n) is 5.35. The standard InChI is InChI=1S/C9H16N4O4S/c1-3-7-6-8(11-10-7)12-18(16,17)13(2)5-4-9(14)15/h6H,3-5H2,1-2H3,(H,14,15)(H2,10,11,12). The number of carboxylic acid groups (broad SMARTS) is 1. The number of carbonyl (C=O) groups is 1. The largest absolute Gasteiger partial charge is 0.481 e. The summed E-state index contributed by atoms with van der Waals surface area (Å²) >= 11 is 0. The molecule has 0 amide bonds. The summed E-state index contributed by atoms with van der Waals surface area (Å²) in [5.41, 5.74) is 0.806. The summed E-state index contributed by atoms with van der Waals surface area (Å²) in [7, 11) is -2.46. The van der Waals surface area contributed by atoms with E-state index in [4.69, 9.17) is 5.11 Å². The molecular formula is C9H16N4O4S. The summed E-state index contributed by atoms with van der Waals surface area (Å²) in [6.07, 6.45) is 0.460. The predicted molar refractivity (Wildman–Crippen MR) is 65.4 cm³/mol. The Morgan fingerprint density at radius 3 is 2.78 bits per heavy atom. The smallest absolute Gasteiger partial charge is 0.304 e. The summed E-state index contributed by atoms with van der Waals surface area (Å²) < 4.78 is 26.7. The Labute approximate surface area is 105 Å². The van der Waals surface area contributed by atoms with Crippen molar-refractivity contribution in [1.82, 2.24) is 14.5 Å². The van der Waals surface area contributed by atoms with Gasteiger partial charge in [0.15, 0.2) is 5.82 Å². The van der Waals surface area contributed by atoms with E-state index >= 15 is 0 Å². The lowest BCUT2D eigenvalue weighted by Gasteiger charge is -2.15.